The van der Waals surface area contributed by atoms with Crippen LogP contribution in [0.1, 0.15) is 18.9 Å². The van der Waals surface area contributed by atoms with Gasteiger partial charge < -0.3 is 19.4 Å². The fourth-order valence-corrected chi connectivity index (χ4v) is 1.41. The normalized spacial score (nSPS) is 9.82. The Labute approximate surface area is 100 Å². The van der Waals surface area contributed by atoms with Crippen LogP contribution < -0.4 is 4.65 Å². The zero-order valence-electron chi connectivity index (χ0n) is 9.63. The predicted octanol–water partition coefficient (Wildman–Crippen LogP) is 0.531. The average Bonchev–Trinajstić information content (AvgIpc) is 2.27. The van der Waals surface area contributed by atoms with Gasteiger partial charge in [0.05, 0.1) is 6.61 Å². The minimum Gasteiger partial charge on any atom is -0.512 e. The Kier molecular flexibility index (Phi) is 5.52. The molecule has 0 aliphatic carbocycles. The lowest BCUT2D eigenvalue weighted by Crippen LogP contribution is -2.21. The average molecular weight is 238 g/mol. The van der Waals surface area contributed by atoms with Gasteiger partial charge in [-0.3, -0.25) is 4.79 Å². The molecule has 0 radical (unpaired) electrons. The van der Waals surface area contributed by atoms with Crippen LogP contribution in [0.3, 0.4) is 0 Å². The number of hydrogen-bond donors (Lipinski definition) is 2. The number of rotatable bonds is 6. The highest BCUT2D eigenvalue weighted by atomic mass is 16.6. The molecule has 17 heavy (non-hydrogen) atoms. The van der Waals surface area contributed by atoms with E-state index < -0.39 is 7.32 Å². The molecule has 0 heterocycles. The molecule has 6 heteroatoms. The number of benzene rings is 1. The summed E-state index contributed by atoms with van der Waals surface area (Å²) < 4.78 is 9.60. The van der Waals surface area contributed by atoms with Gasteiger partial charge in [0.15, 0.2) is 0 Å². The maximum atomic E-state index is 11.2. The molecule has 2 N–H and O–H groups in total. The van der Waals surface area contributed by atoms with Gasteiger partial charge in [-0.15, -0.1) is 0 Å². The molecule has 0 amide bonds. The largest absolute Gasteiger partial charge is 0.707 e. The molecule has 0 unspecified atom stereocenters. The second-order valence-electron chi connectivity index (χ2n) is 3.36. The number of esters is 1. The van der Waals surface area contributed by atoms with E-state index in [0.717, 1.165) is 5.56 Å². The van der Waals surface area contributed by atoms with E-state index in [1.54, 1.807) is 31.2 Å². The molecule has 5 nitrogen and oxygen atoms in total. The van der Waals surface area contributed by atoms with E-state index >= 15 is 0 Å². The third-order valence-corrected chi connectivity index (χ3v) is 2.11. The van der Waals surface area contributed by atoms with Crippen LogP contribution in [0.15, 0.2) is 24.3 Å². The monoisotopic (exact) mass is 238 g/mol. The lowest BCUT2D eigenvalue weighted by atomic mass is 10.1. The highest BCUT2D eigenvalue weighted by Crippen LogP contribution is 2.19. The zero-order valence-corrected chi connectivity index (χ0v) is 9.63. The summed E-state index contributed by atoms with van der Waals surface area (Å²) in [5.74, 6) is 0.0682. The molecule has 0 atom stereocenters. The molecule has 0 bridgehead atoms. The van der Waals surface area contributed by atoms with Crippen LogP contribution in [-0.4, -0.2) is 29.9 Å². The number of carbonyl (C=O) groups excluding carboxylic acids is 1. The molecule has 92 valence electrons. The van der Waals surface area contributed by atoms with Crippen LogP contribution in [0.25, 0.3) is 0 Å². The summed E-state index contributed by atoms with van der Waals surface area (Å²) in [6.45, 7) is 2.10. The number of aryl methyl sites for hydroxylation is 1. The summed E-state index contributed by atoms with van der Waals surface area (Å²) in [5, 5.41) is 17.5. The van der Waals surface area contributed by atoms with Gasteiger partial charge in [0, 0.05) is 6.42 Å². The van der Waals surface area contributed by atoms with Crippen molar-refractivity contribution >= 4 is 13.3 Å². The Morgan fingerprint density at radius 1 is 1.35 bits per heavy atom. The molecule has 0 spiro atoms. The standard InChI is InChI=1S/C11H15BO5/c1-2-16-11(13)8-7-9-5-3-4-6-10(9)17-12(14)15/h3-6,14-15H,2,7-8H2,1H3. The minimum atomic E-state index is -1.86. The first kappa shape index (κ1) is 13.5. The van der Waals surface area contributed by atoms with Crippen molar-refractivity contribution in [2.45, 2.75) is 19.8 Å². The third-order valence-electron chi connectivity index (χ3n) is 2.11. The first-order valence-corrected chi connectivity index (χ1v) is 5.39. The van der Waals surface area contributed by atoms with E-state index in [1.807, 2.05) is 0 Å². The number of hydrogen-bond acceptors (Lipinski definition) is 5. The second kappa shape index (κ2) is 6.93. The minimum absolute atomic E-state index is 0.232. The van der Waals surface area contributed by atoms with Gasteiger partial charge in [-0.2, -0.15) is 0 Å². The van der Waals surface area contributed by atoms with Crippen molar-refractivity contribution < 1.29 is 24.2 Å². The number of carbonyl (C=O) groups is 1. The van der Waals surface area contributed by atoms with Crippen molar-refractivity contribution in [3.8, 4) is 5.75 Å². The summed E-state index contributed by atoms with van der Waals surface area (Å²) in [4.78, 5) is 11.2. The van der Waals surface area contributed by atoms with Crippen molar-refractivity contribution in [2.24, 2.45) is 0 Å². The van der Waals surface area contributed by atoms with Crippen molar-refractivity contribution in [1.29, 1.82) is 0 Å². The van der Waals surface area contributed by atoms with Gasteiger partial charge >= 0.3 is 13.3 Å². The van der Waals surface area contributed by atoms with Crippen molar-refractivity contribution in [1.82, 2.24) is 0 Å². The lowest BCUT2D eigenvalue weighted by molar-refractivity contribution is -0.143. The van der Waals surface area contributed by atoms with Crippen molar-refractivity contribution in [3.05, 3.63) is 29.8 Å². The van der Waals surface area contributed by atoms with Gasteiger partial charge in [-0.05, 0) is 25.0 Å². The van der Waals surface area contributed by atoms with E-state index in [1.165, 1.54) is 0 Å². The van der Waals surface area contributed by atoms with Gasteiger partial charge in [0.25, 0.3) is 0 Å². The highest BCUT2D eigenvalue weighted by molar-refractivity contribution is 6.33. The smallest absolute Gasteiger partial charge is 0.512 e. The van der Waals surface area contributed by atoms with Gasteiger partial charge in [-0.1, -0.05) is 18.2 Å². The summed E-state index contributed by atoms with van der Waals surface area (Å²) in [6, 6.07) is 6.87. The first-order chi connectivity index (χ1) is 8.13. The molecule has 0 saturated carbocycles. The second-order valence-corrected chi connectivity index (χ2v) is 3.36. The molecule has 1 aromatic rings. The topological polar surface area (TPSA) is 76.0 Å². The molecular formula is C11H15BO5. The Morgan fingerprint density at radius 2 is 2.06 bits per heavy atom. The molecular weight excluding hydrogens is 223 g/mol. The lowest BCUT2D eigenvalue weighted by Gasteiger charge is -2.10. The van der Waals surface area contributed by atoms with Crippen LogP contribution in [0.5, 0.6) is 5.75 Å². The van der Waals surface area contributed by atoms with Crippen molar-refractivity contribution in [3.63, 3.8) is 0 Å². The Morgan fingerprint density at radius 3 is 2.71 bits per heavy atom. The van der Waals surface area contributed by atoms with E-state index in [2.05, 4.69) is 0 Å². The fraction of sp³-hybridized carbons (Fsp3) is 0.364. The van der Waals surface area contributed by atoms with E-state index in [9.17, 15) is 4.79 Å². The van der Waals surface area contributed by atoms with Crippen molar-refractivity contribution in [2.75, 3.05) is 6.61 Å². The van der Waals surface area contributed by atoms with Crippen LogP contribution >= 0.6 is 0 Å². The predicted molar refractivity (Wildman–Crippen MR) is 62.2 cm³/mol. The summed E-state index contributed by atoms with van der Waals surface area (Å²) >= 11 is 0. The summed E-state index contributed by atoms with van der Waals surface area (Å²) in [6.07, 6.45) is 0.664. The number of ether oxygens (including phenoxy) is 1. The van der Waals surface area contributed by atoms with Crippen LogP contribution in [0.2, 0.25) is 0 Å². The molecule has 0 aromatic heterocycles. The first-order valence-electron chi connectivity index (χ1n) is 5.39. The maximum Gasteiger partial charge on any atom is 0.707 e. The molecule has 0 aliphatic heterocycles. The molecule has 0 saturated heterocycles. The maximum absolute atomic E-state index is 11.2. The Bertz CT molecular complexity index is 367. The van der Waals surface area contributed by atoms with Crippen LogP contribution in [0.4, 0.5) is 0 Å². The Balaban J connectivity index is 2.60. The fourth-order valence-electron chi connectivity index (χ4n) is 1.41. The quantitative estimate of drug-likeness (QED) is 0.558. The van der Waals surface area contributed by atoms with Crippen LogP contribution in [0, 0.1) is 0 Å². The third kappa shape index (κ3) is 4.88. The van der Waals surface area contributed by atoms with E-state index in [4.69, 9.17) is 19.4 Å². The van der Waals surface area contributed by atoms with Crippen LogP contribution in [-0.2, 0) is 16.0 Å². The van der Waals surface area contributed by atoms with Gasteiger partial charge in [0.1, 0.15) is 5.75 Å². The molecule has 1 aromatic carbocycles. The summed E-state index contributed by atoms with van der Waals surface area (Å²) in [7, 11) is -1.86. The highest BCUT2D eigenvalue weighted by Gasteiger charge is 2.14. The van der Waals surface area contributed by atoms with Gasteiger partial charge in [-0.25, -0.2) is 0 Å². The van der Waals surface area contributed by atoms with E-state index in [0.29, 0.717) is 18.8 Å². The molecule has 1 rings (SSSR count). The van der Waals surface area contributed by atoms with Gasteiger partial charge in [0.2, 0.25) is 0 Å². The summed E-state index contributed by atoms with van der Waals surface area (Å²) in [5.41, 5.74) is 0.730. The zero-order chi connectivity index (χ0) is 12.7. The Hall–Kier alpha value is -1.53. The SMILES string of the molecule is CCOC(=O)CCc1ccccc1OB(O)O. The molecule has 0 fully saturated rings. The molecule has 0 aliphatic rings. The van der Waals surface area contributed by atoms with E-state index in [-0.39, 0.29) is 12.4 Å². The number of para-hydroxylation sites is 1.